The monoisotopic (exact) mass is 506 g/mol. The van der Waals surface area contributed by atoms with Crippen LogP contribution < -0.4 is 0 Å². The maximum Gasteiger partial charge on any atom is 0.160 e. The SMILES string of the molecule is CC=CC(=C(C)CC)c1nc(-c2ccc(-c3ccccc3)cc2)nc(-c2ccc(-c3ccccc3)cc2)c1C. The van der Waals surface area contributed by atoms with Crippen molar-refractivity contribution in [2.75, 3.05) is 0 Å². The molecule has 0 aliphatic rings. The van der Waals surface area contributed by atoms with Gasteiger partial charge in [-0.15, -0.1) is 0 Å². The average Bonchev–Trinajstić information content (AvgIpc) is 3.01. The number of hydrogen-bond donors (Lipinski definition) is 0. The molecule has 0 bridgehead atoms. The van der Waals surface area contributed by atoms with E-state index >= 15 is 0 Å². The molecule has 5 aromatic rings. The molecule has 192 valence electrons. The third kappa shape index (κ3) is 5.66. The Labute approximate surface area is 232 Å². The predicted octanol–water partition coefficient (Wildman–Crippen LogP) is 10.2. The normalized spacial score (nSPS) is 12.0. The standard InChI is InChI=1S/C37H34N2/c1-5-13-34(26(3)6-2)36-27(4)35(32-22-18-30(19-23-32)28-14-9-7-10-15-28)38-37(39-36)33-24-20-31(21-25-33)29-16-11-8-12-17-29/h5,7-25H,6H2,1-4H3. The molecule has 1 heterocycles. The Bertz CT molecular complexity index is 1610. The van der Waals surface area contributed by atoms with Crippen LogP contribution in [0.3, 0.4) is 0 Å². The van der Waals surface area contributed by atoms with Gasteiger partial charge in [0.1, 0.15) is 0 Å². The first kappa shape index (κ1) is 26.1. The number of nitrogens with zero attached hydrogens (tertiary/aromatic N) is 2. The van der Waals surface area contributed by atoms with Gasteiger partial charge in [-0.25, -0.2) is 9.97 Å². The van der Waals surface area contributed by atoms with Gasteiger partial charge in [0.15, 0.2) is 5.82 Å². The molecule has 0 aliphatic heterocycles. The molecule has 4 aromatic carbocycles. The molecule has 0 unspecified atom stereocenters. The van der Waals surface area contributed by atoms with Crippen molar-refractivity contribution in [2.24, 2.45) is 0 Å². The van der Waals surface area contributed by atoms with Crippen LogP contribution in [0.15, 0.2) is 127 Å². The topological polar surface area (TPSA) is 25.8 Å². The van der Waals surface area contributed by atoms with Crippen LogP contribution >= 0.6 is 0 Å². The summed E-state index contributed by atoms with van der Waals surface area (Å²) in [5.74, 6) is 0.739. The van der Waals surface area contributed by atoms with Crippen LogP contribution in [0.25, 0.3) is 50.5 Å². The van der Waals surface area contributed by atoms with E-state index in [0.29, 0.717) is 0 Å². The molecule has 0 fully saturated rings. The third-order valence-electron chi connectivity index (χ3n) is 7.24. The summed E-state index contributed by atoms with van der Waals surface area (Å²) in [6, 6.07) is 38.2. The molecule has 2 heteroatoms. The lowest BCUT2D eigenvalue weighted by molar-refractivity contribution is 1.08. The Morgan fingerprint density at radius 2 is 1.08 bits per heavy atom. The number of benzene rings is 4. The second kappa shape index (κ2) is 11.9. The summed E-state index contributed by atoms with van der Waals surface area (Å²) in [4.78, 5) is 10.3. The molecule has 2 nitrogen and oxygen atoms in total. The highest BCUT2D eigenvalue weighted by molar-refractivity contribution is 5.82. The molecule has 0 saturated carbocycles. The second-order valence-electron chi connectivity index (χ2n) is 9.80. The molecular weight excluding hydrogens is 472 g/mol. The lowest BCUT2D eigenvalue weighted by Crippen LogP contribution is -2.03. The predicted molar refractivity (Wildman–Crippen MR) is 166 cm³/mol. The number of allylic oxidation sites excluding steroid dienone is 4. The van der Waals surface area contributed by atoms with Crippen molar-refractivity contribution in [1.82, 2.24) is 9.97 Å². The van der Waals surface area contributed by atoms with Crippen LogP contribution in [-0.4, -0.2) is 9.97 Å². The van der Waals surface area contributed by atoms with Crippen molar-refractivity contribution >= 4 is 5.57 Å². The van der Waals surface area contributed by atoms with Gasteiger partial charge in [-0.1, -0.05) is 134 Å². The molecule has 0 radical (unpaired) electrons. The van der Waals surface area contributed by atoms with E-state index < -0.39 is 0 Å². The third-order valence-corrected chi connectivity index (χ3v) is 7.24. The van der Waals surface area contributed by atoms with E-state index in [4.69, 9.17) is 9.97 Å². The van der Waals surface area contributed by atoms with Gasteiger partial charge in [0.2, 0.25) is 0 Å². The van der Waals surface area contributed by atoms with Crippen molar-refractivity contribution in [1.29, 1.82) is 0 Å². The Morgan fingerprint density at radius 1 is 0.615 bits per heavy atom. The van der Waals surface area contributed by atoms with Gasteiger partial charge in [-0.05, 0) is 55.0 Å². The highest BCUT2D eigenvalue weighted by Crippen LogP contribution is 2.34. The largest absolute Gasteiger partial charge is 0.228 e. The van der Waals surface area contributed by atoms with E-state index in [1.165, 1.54) is 33.4 Å². The number of hydrogen-bond acceptors (Lipinski definition) is 2. The zero-order chi connectivity index (χ0) is 27.2. The van der Waals surface area contributed by atoms with Crippen LogP contribution in [0.4, 0.5) is 0 Å². The Balaban J connectivity index is 1.64. The zero-order valence-corrected chi connectivity index (χ0v) is 23.1. The minimum atomic E-state index is 0.739. The summed E-state index contributed by atoms with van der Waals surface area (Å²) < 4.78 is 0. The smallest absolute Gasteiger partial charge is 0.160 e. The van der Waals surface area contributed by atoms with Gasteiger partial charge < -0.3 is 0 Å². The molecule has 0 aliphatic carbocycles. The van der Waals surface area contributed by atoms with Crippen LogP contribution in [0, 0.1) is 6.92 Å². The first-order valence-corrected chi connectivity index (χ1v) is 13.6. The summed E-state index contributed by atoms with van der Waals surface area (Å²) in [5, 5.41) is 0. The molecule has 5 rings (SSSR count). The fourth-order valence-electron chi connectivity index (χ4n) is 4.86. The molecule has 0 N–H and O–H groups in total. The first-order chi connectivity index (χ1) is 19.1. The maximum atomic E-state index is 5.16. The van der Waals surface area contributed by atoms with Crippen molar-refractivity contribution in [3.05, 3.63) is 138 Å². The zero-order valence-electron chi connectivity index (χ0n) is 23.1. The molecule has 39 heavy (non-hydrogen) atoms. The van der Waals surface area contributed by atoms with Gasteiger partial charge in [0, 0.05) is 16.7 Å². The van der Waals surface area contributed by atoms with Crippen molar-refractivity contribution < 1.29 is 0 Å². The highest BCUT2D eigenvalue weighted by atomic mass is 14.9. The maximum absolute atomic E-state index is 5.16. The summed E-state index contributed by atoms with van der Waals surface area (Å²) in [5.41, 5.74) is 12.4. The van der Waals surface area contributed by atoms with Crippen LogP contribution in [-0.2, 0) is 0 Å². The van der Waals surface area contributed by atoms with Gasteiger partial charge in [0.05, 0.1) is 11.4 Å². The fraction of sp³-hybridized carbons (Fsp3) is 0.135. The van der Waals surface area contributed by atoms with Crippen LogP contribution in [0.5, 0.6) is 0 Å². The Hall–Kier alpha value is -4.56. The minimum absolute atomic E-state index is 0.739. The van der Waals surface area contributed by atoms with Crippen molar-refractivity contribution in [3.8, 4) is 44.9 Å². The van der Waals surface area contributed by atoms with Gasteiger partial charge in [-0.3, -0.25) is 0 Å². The summed E-state index contributed by atoms with van der Waals surface area (Å²) in [6.07, 6.45) is 5.24. The summed E-state index contributed by atoms with van der Waals surface area (Å²) in [6.45, 7) is 8.59. The van der Waals surface area contributed by atoms with E-state index in [0.717, 1.165) is 40.3 Å². The first-order valence-electron chi connectivity index (χ1n) is 13.6. The summed E-state index contributed by atoms with van der Waals surface area (Å²) in [7, 11) is 0. The molecule has 0 amide bonds. The van der Waals surface area contributed by atoms with E-state index in [1.807, 2.05) is 12.1 Å². The fourth-order valence-corrected chi connectivity index (χ4v) is 4.86. The second-order valence-corrected chi connectivity index (χ2v) is 9.80. The molecule has 1 aromatic heterocycles. The van der Waals surface area contributed by atoms with E-state index in [9.17, 15) is 0 Å². The lowest BCUT2D eigenvalue weighted by atomic mass is 9.95. The van der Waals surface area contributed by atoms with Gasteiger partial charge in [-0.2, -0.15) is 0 Å². The number of aromatic nitrogens is 2. The van der Waals surface area contributed by atoms with Crippen LogP contribution in [0.2, 0.25) is 0 Å². The highest BCUT2D eigenvalue weighted by Gasteiger charge is 2.17. The molecule has 0 spiro atoms. The minimum Gasteiger partial charge on any atom is -0.228 e. The number of rotatable bonds is 7. The summed E-state index contributed by atoms with van der Waals surface area (Å²) >= 11 is 0. The van der Waals surface area contributed by atoms with Crippen molar-refractivity contribution in [2.45, 2.75) is 34.1 Å². The van der Waals surface area contributed by atoms with E-state index in [-0.39, 0.29) is 0 Å². The average molecular weight is 507 g/mol. The van der Waals surface area contributed by atoms with E-state index in [2.05, 4.69) is 137 Å². The molecule has 0 atom stereocenters. The Kier molecular flexibility index (Phi) is 7.94. The van der Waals surface area contributed by atoms with E-state index in [1.54, 1.807) is 0 Å². The van der Waals surface area contributed by atoms with Gasteiger partial charge in [0.25, 0.3) is 0 Å². The van der Waals surface area contributed by atoms with Crippen LogP contribution in [0.1, 0.15) is 38.4 Å². The Morgan fingerprint density at radius 3 is 1.56 bits per heavy atom. The lowest BCUT2D eigenvalue weighted by Gasteiger charge is -2.16. The van der Waals surface area contributed by atoms with Crippen molar-refractivity contribution in [3.63, 3.8) is 0 Å². The van der Waals surface area contributed by atoms with Gasteiger partial charge >= 0.3 is 0 Å². The molecular formula is C37H34N2. The quantitative estimate of drug-likeness (QED) is 0.205. The molecule has 0 saturated heterocycles.